The van der Waals surface area contributed by atoms with E-state index in [-0.39, 0.29) is 17.5 Å². The molecule has 0 bridgehead atoms. The van der Waals surface area contributed by atoms with Crippen LogP contribution in [-0.4, -0.2) is 74.9 Å². The predicted molar refractivity (Wildman–Crippen MR) is 143 cm³/mol. The number of halogens is 1. The van der Waals surface area contributed by atoms with Crippen molar-refractivity contribution in [1.29, 1.82) is 5.41 Å². The molecule has 0 spiro atoms. The number of hydrogen-bond donors (Lipinski definition) is 3. The van der Waals surface area contributed by atoms with Crippen LogP contribution in [0.3, 0.4) is 0 Å². The number of rotatable bonds is 4. The summed E-state index contributed by atoms with van der Waals surface area (Å²) in [6, 6.07) is 9.27. The maximum atomic E-state index is 14.5. The molecule has 10 heteroatoms. The highest BCUT2D eigenvalue weighted by atomic mass is 19.1. The Bertz CT molecular complexity index is 1400. The number of nitrogens with one attached hydrogen (secondary N) is 3. The number of carbonyl (C=O) groups excluding carboxylic acids is 1. The number of amidine groups is 1. The van der Waals surface area contributed by atoms with E-state index in [4.69, 9.17) is 5.41 Å². The fraction of sp³-hybridized carbons (Fsp3) is 0.370. The van der Waals surface area contributed by atoms with Gasteiger partial charge in [-0.15, -0.1) is 5.10 Å². The zero-order valence-corrected chi connectivity index (χ0v) is 21.3. The number of hydrogen-bond acceptors (Lipinski definition) is 6. The SMILES string of the molecule is C/C(=N\C=C1\CN(C2CCN(C(=O)c3cc4[nH]nnc4cc3F)CC2)CC1=N)Nc1cc(C)cc(C)c1. The van der Waals surface area contributed by atoms with Gasteiger partial charge in [0.05, 0.1) is 16.8 Å². The van der Waals surface area contributed by atoms with E-state index in [2.05, 4.69) is 62.7 Å². The minimum atomic E-state index is -0.584. The van der Waals surface area contributed by atoms with E-state index >= 15 is 0 Å². The smallest absolute Gasteiger partial charge is 0.256 e. The number of anilines is 1. The van der Waals surface area contributed by atoms with Gasteiger partial charge in [-0.3, -0.25) is 14.8 Å². The van der Waals surface area contributed by atoms with Gasteiger partial charge in [0.25, 0.3) is 5.91 Å². The number of piperidine rings is 1. The molecule has 1 aromatic heterocycles. The quantitative estimate of drug-likeness (QED) is 0.368. The third-order valence-corrected chi connectivity index (χ3v) is 7.00. The van der Waals surface area contributed by atoms with Crippen LogP contribution in [0.15, 0.2) is 47.1 Å². The lowest BCUT2D eigenvalue weighted by Gasteiger charge is -2.36. The van der Waals surface area contributed by atoms with Crippen LogP contribution in [0, 0.1) is 25.1 Å². The van der Waals surface area contributed by atoms with Crippen LogP contribution in [0.2, 0.25) is 0 Å². The van der Waals surface area contributed by atoms with E-state index in [9.17, 15) is 9.18 Å². The van der Waals surface area contributed by atoms with Crippen LogP contribution in [0.4, 0.5) is 10.1 Å². The van der Waals surface area contributed by atoms with Crippen molar-refractivity contribution in [3.05, 3.63) is 64.6 Å². The van der Waals surface area contributed by atoms with Gasteiger partial charge >= 0.3 is 0 Å². The van der Waals surface area contributed by atoms with Gasteiger partial charge in [0.1, 0.15) is 17.2 Å². The summed E-state index contributed by atoms with van der Waals surface area (Å²) >= 11 is 0. The lowest BCUT2D eigenvalue weighted by atomic mass is 10.0. The number of amides is 1. The van der Waals surface area contributed by atoms with Gasteiger partial charge in [-0.2, -0.15) is 0 Å². The topological polar surface area (TPSA) is 113 Å². The van der Waals surface area contributed by atoms with Crippen molar-refractivity contribution < 1.29 is 9.18 Å². The van der Waals surface area contributed by atoms with Gasteiger partial charge in [-0.1, -0.05) is 11.3 Å². The van der Waals surface area contributed by atoms with Crippen LogP contribution in [0.1, 0.15) is 41.3 Å². The molecule has 2 saturated heterocycles. The Kier molecular flexibility index (Phi) is 6.84. The zero-order chi connectivity index (χ0) is 26.1. The number of aromatic nitrogens is 3. The minimum absolute atomic E-state index is 0.0350. The summed E-state index contributed by atoms with van der Waals surface area (Å²) in [7, 11) is 0. The maximum absolute atomic E-state index is 14.5. The maximum Gasteiger partial charge on any atom is 0.256 e. The van der Waals surface area contributed by atoms with Crippen molar-refractivity contribution in [2.24, 2.45) is 4.99 Å². The van der Waals surface area contributed by atoms with Crippen molar-refractivity contribution in [2.75, 3.05) is 31.5 Å². The number of carbonyl (C=O) groups is 1. The second-order valence-corrected chi connectivity index (χ2v) is 9.94. The number of H-pyrrole nitrogens is 1. The van der Waals surface area contributed by atoms with E-state index in [1.54, 1.807) is 11.1 Å². The van der Waals surface area contributed by atoms with Crippen LogP contribution in [0.25, 0.3) is 11.0 Å². The van der Waals surface area contributed by atoms with Gasteiger partial charge in [-0.05, 0) is 62.9 Å². The minimum Gasteiger partial charge on any atom is -0.344 e. The fourth-order valence-electron chi connectivity index (χ4n) is 5.15. The molecule has 1 amide bonds. The Morgan fingerprint density at radius 3 is 2.62 bits per heavy atom. The molecule has 2 aliphatic heterocycles. The van der Waals surface area contributed by atoms with Gasteiger partial charge in [0.2, 0.25) is 0 Å². The number of fused-ring (bicyclic) bond motifs is 1. The van der Waals surface area contributed by atoms with E-state index < -0.39 is 5.82 Å². The van der Waals surface area contributed by atoms with Crippen LogP contribution < -0.4 is 5.32 Å². The van der Waals surface area contributed by atoms with Gasteiger partial charge in [-0.25, -0.2) is 9.38 Å². The van der Waals surface area contributed by atoms with E-state index in [1.807, 2.05) is 6.92 Å². The van der Waals surface area contributed by atoms with Crippen LogP contribution in [-0.2, 0) is 0 Å². The first-order chi connectivity index (χ1) is 17.8. The van der Waals surface area contributed by atoms with Gasteiger partial charge in [0, 0.05) is 55.7 Å². The molecular formula is C27H31FN8O. The number of nitrogens with zero attached hydrogens (tertiary/aromatic N) is 5. The molecule has 0 atom stereocenters. The van der Waals surface area contributed by atoms with Crippen molar-refractivity contribution in [2.45, 2.75) is 39.7 Å². The van der Waals surface area contributed by atoms with E-state index in [1.165, 1.54) is 23.3 Å². The van der Waals surface area contributed by atoms with E-state index in [0.717, 1.165) is 29.9 Å². The molecule has 3 heterocycles. The normalized spacial score (nSPS) is 18.8. The Morgan fingerprint density at radius 1 is 1.16 bits per heavy atom. The number of benzene rings is 2. The summed E-state index contributed by atoms with van der Waals surface area (Å²) in [5.74, 6) is -0.130. The van der Waals surface area contributed by atoms with Crippen molar-refractivity contribution in [3.63, 3.8) is 0 Å². The molecule has 0 unspecified atom stereocenters. The molecule has 2 aromatic carbocycles. The molecule has 0 aliphatic carbocycles. The molecule has 9 nitrogen and oxygen atoms in total. The zero-order valence-electron chi connectivity index (χ0n) is 21.3. The molecule has 2 fully saturated rings. The molecule has 3 N–H and O–H groups in total. The summed E-state index contributed by atoms with van der Waals surface area (Å²) in [5.41, 5.74) is 5.83. The van der Waals surface area contributed by atoms with E-state index in [0.29, 0.717) is 42.9 Å². The number of aromatic amines is 1. The van der Waals surface area contributed by atoms with Crippen LogP contribution >= 0.6 is 0 Å². The summed E-state index contributed by atoms with van der Waals surface area (Å²) in [4.78, 5) is 21.5. The molecule has 0 saturated carbocycles. The summed E-state index contributed by atoms with van der Waals surface area (Å²) < 4.78 is 14.5. The van der Waals surface area contributed by atoms with Crippen molar-refractivity contribution >= 4 is 34.2 Å². The first kappa shape index (κ1) is 24.8. The molecule has 192 valence electrons. The monoisotopic (exact) mass is 502 g/mol. The predicted octanol–water partition coefficient (Wildman–Crippen LogP) is 4.07. The molecule has 37 heavy (non-hydrogen) atoms. The number of likely N-dealkylation sites (tertiary alicyclic amines) is 2. The third-order valence-electron chi connectivity index (χ3n) is 7.00. The summed E-state index contributed by atoms with van der Waals surface area (Å²) in [6.07, 6.45) is 3.34. The Hall–Kier alpha value is -3.92. The second-order valence-electron chi connectivity index (χ2n) is 9.94. The van der Waals surface area contributed by atoms with Gasteiger partial charge in [0.15, 0.2) is 0 Å². The lowest BCUT2D eigenvalue weighted by Crippen LogP contribution is -2.46. The number of aryl methyl sites for hydroxylation is 2. The lowest BCUT2D eigenvalue weighted by molar-refractivity contribution is 0.0647. The standard InChI is InChI=1S/C27H31FN8O/c1-16-8-17(2)10-20(9-16)31-18(3)30-13-19-14-36(15-24(19)29)21-4-6-35(7-5-21)27(37)22-11-25-26(12-23(22)28)33-34-32-25/h8-13,21,29H,4-7,14-15H2,1-3H3,(H,30,31)(H,32,33,34)/b19-13-,29-24?. The first-order valence-electron chi connectivity index (χ1n) is 12.5. The average molecular weight is 503 g/mol. The molecule has 0 radical (unpaired) electrons. The Labute approximate surface area is 215 Å². The van der Waals surface area contributed by atoms with Crippen molar-refractivity contribution in [3.8, 4) is 0 Å². The highest BCUT2D eigenvalue weighted by molar-refractivity contribution is 6.02. The molecule has 2 aliphatic rings. The van der Waals surface area contributed by atoms with Gasteiger partial charge < -0.3 is 15.6 Å². The number of aliphatic imine (C=N–C) groups is 1. The third kappa shape index (κ3) is 5.43. The molecule has 3 aromatic rings. The highest BCUT2D eigenvalue weighted by Crippen LogP contribution is 2.25. The second kappa shape index (κ2) is 10.2. The van der Waals surface area contributed by atoms with Crippen LogP contribution in [0.5, 0.6) is 0 Å². The highest BCUT2D eigenvalue weighted by Gasteiger charge is 2.32. The Balaban J connectivity index is 1.18. The average Bonchev–Trinajstić information content (AvgIpc) is 3.47. The first-order valence-corrected chi connectivity index (χ1v) is 12.5. The van der Waals surface area contributed by atoms with Crippen molar-refractivity contribution in [1.82, 2.24) is 25.2 Å². The summed E-state index contributed by atoms with van der Waals surface area (Å²) in [6.45, 7) is 8.37. The summed E-state index contributed by atoms with van der Waals surface area (Å²) in [5, 5.41) is 21.9. The Morgan fingerprint density at radius 2 is 1.89 bits per heavy atom. The fourth-order valence-corrected chi connectivity index (χ4v) is 5.15. The largest absolute Gasteiger partial charge is 0.344 e. The molecular weight excluding hydrogens is 471 g/mol. The molecule has 5 rings (SSSR count).